The first-order valence-corrected chi connectivity index (χ1v) is 8.05. The molecule has 3 rings (SSSR count). The van der Waals surface area contributed by atoms with E-state index >= 15 is 0 Å². The Labute approximate surface area is 127 Å². The Morgan fingerprint density at radius 3 is 3.14 bits per heavy atom. The molecule has 1 saturated heterocycles. The van der Waals surface area contributed by atoms with Crippen LogP contribution in [0.4, 0.5) is 0 Å². The molecule has 0 saturated carbocycles. The smallest absolute Gasteiger partial charge is 0.313 e. The average molecular weight is 306 g/mol. The molecular formula is C15H18N2O3S. The van der Waals surface area contributed by atoms with Crippen LogP contribution >= 0.6 is 11.8 Å². The van der Waals surface area contributed by atoms with E-state index in [2.05, 4.69) is 15.6 Å². The molecule has 1 aliphatic rings. The van der Waals surface area contributed by atoms with Gasteiger partial charge < -0.3 is 14.4 Å². The van der Waals surface area contributed by atoms with Crippen LogP contribution in [0.5, 0.6) is 0 Å². The number of rotatable bonds is 4. The van der Waals surface area contributed by atoms with Gasteiger partial charge in [0, 0.05) is 6.61 Å². The molecular weight excluding hydrogens is 288 g/mol. The van der Waals surface area contributed by atoms with E-state index in [-0.39, 0.29) is 11.8 Å². The van der Waals surface area contributed by atoms with Crippen LogP contribution in [0, 0.1) is 6.92 Å². The van der Waals surface area contributed by atoms with Crippen LogP contribution in [-0.2, 0) is 9.53 Å². The van der Waals surface area contributed by atoms with Crippen molar-refractivity contribution in [3.8, 4) is 0 Å². The maximum Gasteiger partial charge on any atom is 0.313 e. The third kappa shape index (κ3) is 2.91. The van der Waals surface area contributed by atoms with E-state index in [1.807, 2.05) is 19.1 Å². The number of fused-ring (bicyclic) bond motifs is 1. The first-order valence-electron chi connectivity index (χ1n) is 7.06. The first kappa shape index (κ1) is 14.4. The van der Waals surface area contributed by atoms with Crippen LogP contribution in [0.25, 0.3) is 11.0 Å². The van der Waals surface area contributed by atoms with Gasteiger partial charge in [-0.1, -0.05) is 23.9 Å². The fourth-order valence-electron chi connectivity index (χ4n) is 2.74. The zero-order valence-corrected chi connectivity index (χ0v) is 12.7. The number of carbonyl (C=O) groups is 1. The lowest BCUT2D eigenvalue weighted by Crippen LogP contribution is -2.22. The molecule has 21 heavy (non-hydrogen) atoms. The quantitative estimate of drug-likeness (QED) is 0.880. The summed E-state index contributed by atoms with van der Waals surface area (Å²) in [5.41, 5.74) is 3.13. The SMILES string of the molecule is Cc1cccc2c1nc(SCC(=O)O)n2C1CCCOC1. The number of thioether (sulfide) groups is 1. The highest BCUT2D eigenvalue weighted by Gasteiger charge is 2.23. The molecule has 0 aliphatic carbocycles. The molecule has 1 aromatic carbocycles. The van der Waals surface area contributed by atoms with Gasteiger partial charge in [0.25, 0.3) is 0 Å². The van der Waals surface area contributed by atoms with Gasteiger partial charge in [0.05, 0.1) is 29.4 Å². The summed E-state index contributed by atoms with van der Waals surface area (Å²) in [5, 5.41) is 9.70. The molecule has 1 atom stereocenters. The Bertz CT molecular complexity index is 662. The normalized spacial score (nSPS) is 19.0. The van der Waals surface area contributed by atoms with Gasteiger partial charge in [0.15, 0.2) is 5.16 Å². The third-order valence-electron chi connectivity index (χ3n) is 3.72. The van der Waals surface area contributed by atoms with E-state index in [1.54, 1.807) is 0 Å². The highest BCUT2D eigenvalue weighted by Crippen LogP contribution is 2.32. The maximum absolute atomic E-state index is 10.9. The molecule has 6 heteroatoms. The molecule has 1 aliphatic heterocycles. The highest BCUT2D eigenvalue weighted by atomic mass is 32.2. The summed E-state index contributed by atoms with van der Waals surface area (Å²) < 4.78 is 7.75. The van der Waals surface area contributed by atoms with Crippen LogP contribution < -0.4 is 0 Å². The minimum absolute atomic E-state index is 0.0238. The van der Waals surface area contributed by atoms with Crippen molar-refractivity contribution in [2.45, 2.75) is 31.0 Å². The van der Waals surface area contributed by atoms with Crippen LogP contribution in [0.15, 0.2) is 23.4 Å². The van der Waals surface area contributed by atoms with Gasteiger partial charge in [-0.05, 0) is 31.4 Å². The summed E-state index contributed by atoms with van der Waals surface area (Å²) in [6, 6.07) is 6.34. The molecule has 1 fully saturated rings. The predicted octanol–water partition coefficient (Wildman–Crippen LogP) is 2.87. The van der Waals surface area contributed by atoms with Crippen LogP contribution in [0.3, 0.4) is 0 Å². The summed E-state index contributed by atoms with van der Waals surface area (Å²) in [4.78, 5) is 15.5. The highest BCUT2D eigenvalue weighted by molar-refractivity contribution is 7.99. The molecule has 0 bridgehead atoms. The molecule has 1 aromatic heterocycles. The molecule has 2 heterocycles. The molecule has 0 spiro atoms. The van der Waals surface area contributed by atoms with Gasteiger partial charge in [0.2, 0.25) is 0 Å². The number of aromatic nitrogens is 2. The second-order valence-corrected chi connectivity index (χ2v) is 6.20. The zero-order chi connectivity index (χ0) is 14.8. The van der Waals surface area contributed by atoms with Gasteiger partial charge in [0.1, 0.15) is 0 Å². The van der Waals surface area contributed by atoms with E-state index in [0.29, 0.717) is 6.61 Å². The Hall–Kier alpha value is -1.53. The number of imidazole rings is 1. The zero-order valence-electron chi connectivity index (χ0n) is 11.9. The lowest BCUT2D eigenvalue weighted by atomic mass is 10.1. The largest absolute Gasteiger partial charge is 0.481 e. The van der Waals surface area contributed by atoms with Gasteiger partial charge in [-0.2, -0.15) is 0 Å². The van der Waals surface area contributed by atoms with Crippen molar-refractivity contribution in [2.75, 3.05) is 19.0 Å². The fourth-order valence-corrected chi connectivity index (χ4v) is 3.54. The Balaban J connectivity index is 2.06. The number of para-hydroxylation sites is 1. The minimum atomic E-state index is -0.824. The average Bonchev–Trinajstić information content (AvgIpc) is 2.86. The van der Waals surface area contributed by atoms with E-state index in [0.717, 1.165) is 41.2 Å². The van der Waals surface area contributed by atoms with E-state index in [4.69, 9.17) is 9.84 Å². The molecule has 1 N–H and O–H groups in total. The van der Waals surface area contributed by atoms with Crippen LogP contribution in [0.2, 0.25) is 0 Å². The lowest BCUT2D eigenvalue weighted by Gasteiger charge is -2.25. The second-order valence-electron chi connectivity index (χ2n) is 5.26. The number of nitrogens with zero attached hydrogens (tertiary/aromatic N) is 2. The number of ether oxygens (including phenoxy) is 1. The molecule has 112 valence electrons. The summed E-state index contributed by atoms with van der Waals surface area (Å²) in [6.45, 7) is 3.50. The number of carboxylic acid groups (broad SMARTS) is 1. The van der Waals surface area contributed by atoms with Gasteiger partial charge in [-0.25, -0.2) is 4.98 Å². The molecule has 1 unspecified atom stereocenters. The van der Waals surface area contributed by atoms with Crippen LogP contribution in [0.1, 0.15) is 24.4 Å². The Kier molecular flexibility index (Phi) is 4.17. The molecule has 0 radical (unpaired) electrons. The number of hydrogen-bond acceptors (Lipinski definition) is 4. The maximum atomic E-state index is 10.9. The first-order chi connectivity index (χ1) is 10.2. The van der Waals surface area contributed by atoms with Gasteiger partial charge in [-0.3, -0.25) is 4.79 Å². The summed E-state index contributed by atoms with van der Waals surface area (Å²) in [5.74, 6) is -0.800. The minimum Gasteiger partial charge on any atom is -0.481 e. The molecule has 2 aromatic rings. The fraction of sp³-hybridized carbons (Fsp3) is 0.467. The van der Waals surface area contributed by atoms with Gasteiger partial charge >= 0.3 is 5.97 Å². The number of benzene rings is 1. The Morgan fingerprint density at radius 2 is 2.43 bits per heavy atom. The van der Waals surface area contributed by atoms with Crippen molar-refractivity contribution >= 4 is 28.8 Å². The Morgan fingerprint density at radius 1 is 1.57 bits per heavy atom. The van der Waals surface area contributed by atoms with Crippen molar-refractivity contribution in [2.24, 2.45) is 0 Å². The predicted molar refractivity (Wildman–Crippen MR) is 81.9 cm³/mol. The third-order valence-corrected chi connectivity index (χ3v) is 4.65. The summed E-state index contributed by atoms with van der Waals surface area (Å²) >= 11 is 1.28. The number of aryl methyl sites for hydroxylation is 1. The van der Waals surface area contributed by atoms with E-state index in [9.17, 15) is 4.79 Å². The van der Waals surface area contributed by atoms with Crippen molar-refractivity contribution in [1.29, 1.82) is 0 Å². The number of aliphatic carboxylic acids is 1. The summed E-state index contributed by atoms with van der Waals surface area (Å²) in [6.07, 6.45) is 2.07. The monoisotopic (exact) mass is 306 g/mol. The standard InChI is InChI=1S/C15H18N2O3S/c1-10-4-2-6-12-14(10)16-15(21-9-13(18)19)17(12)11-5-3-7-20-8-11/h2,4,6,11H,3,5,7-9H2,1H3,(H,18,19). The van der Waals surface area contributed by atoms with E-state index < -0.39 is 5.97 Å². The summed E-state index contributed by atoms with van der Waals surface area (Å²) in [7, 11) is 0. The number of hydrogen-bond donors (Lipinski definition) is 1. The topological polar surface area (TPSA) is 64.3 Å². The van der Waals surface area contributed by atoms with Gasteiger partial charge in [-0.15, -0.1) is 0 Å². The lowest BCUT2D eigenvalue weighted by molar-refractivity contribution is -0.133. The van der Waals surface area contributed by atoms with Crippen molar-refractivity contribution in [1.82, 2.24) is 9.55 Å². The van der Waals surface area contributed by atoms with Crippen molar-refractivity contribution in [3.05, 3.63) is 23.8 Å². The molecule has 0 amide bonds. The second kappa shape index (κ2) is 6.07. The van der Waals surface area contributed by atoms with E-state index in [1.165, 1.54) is 11.8 Å². The number of carboxylic acids is 1. The van der Waals surface area contributed by atoms with Crippen molar-refractivity contribution in [3.63, 3.8) is 0 Å². The van der Waals surface area contributed by atoms with Crippen LogP contribution in [-0.4, -0.2) is 39.6 Å². The van der Waals surface area contributed by atoms with Crippen molar-refractivity contribution < 1.29 is 14.6 Å². The molecule has 5 nitrogen and oxygen atoms in total.